The summed E-state index contributed by atoms with van der Waals surface area (Å²) in [5.74, 6) is -0.242. The van der Waals surface area contributed by atoms with Crippen LogP contribution in [0.4, 0.5) is 4.79 Å². The number of nitrogens with one attached hydrogen (secondary N) is 1. The maximum absolute atomic E-state index is 14.0. The molecule has 3 heterocycles. The molecule has 1 aromatic heterocycles. The van der Waals surface area contributed by atoms with Gasteiger partial charge in [0, 0.05) is 19.3 Å². The molecule has 2 aromatic carbocycles. The van der Waals surface area contributed by atoms with Gasteiger partial charge in [-0.1, -0.05) is 67.1 Å². The minimum Gasteiger partial charge on any atom is -0.314 e. The van der Waals surface area contributed by atoms with E-state index in [-0.39, 0.29) is 11.8 Å². The number of aryl methyl sites for hydroxylation is 2. The predicted octanol–water partition coefficient (Wildman–Crippen LogP) is 4.69. The van der Waals surface area contributed by atoms with Crippen LogP contribution in [-0.4, -0.2) is 52.9 Å². The first-order chi connectivity index (χ1) is 18.8. The topological polar surface area (TPSA) is 89.3 Å². The molecular formula is C32H35N5O2. The number of likely N-dealkylation sites (tertiary alicyclic amines) is 1. The highest BCUT2D eigenvalue weighted by atomic mass is 16.2. The molecule has 0 aliphatic carbocycles. The van der Waals surface area contributed by atoms with Crippen LogP contribution in [0.5, 0.6) is 0 Å². The van der Waals surface area contributed by atoms with Gasteiger partial charge in [-0.25, -0.2) is 4.79 Å². The molecule has 2 unspecified atom stereocenters. The number of piperidine rings is 1. The number of pyridine rings is 1. The average Bonchev–Trinajstić information content (AvgIpc) is 3.20. The van der Waals surface area contributed by atoms with Gasteiger partial charge in [0.15, 0.2) is 5.54 Å². The van der Waals surface area contributed by atoms with Gasteiger partial charge in [0.25, 0.3) is 5.91 Å². The second-order valence-corrected chi connectivity index (χ2v) is 11.1. The van der Waals surface area contributed by atoms with Crippen molar-refractivity contribution in [1.82, 2.24) is 20.1 Å². The van der Waals surface area contributed by atoms with E-state index in [9.17, 15) is 14.9 Å². The number of benzene rings is 2. The standard InChI is InChI=1S/C32H35N5O2/c1-23-11-13-26(14-12-23)32(28-10-6-7-17-34-28)29(38)37(30(39)35-32)21-24(2)20-36-18-15-31(22-33,16-19-36)27-9-5-4-8-25(27)3/h4-14,17,24H,15-16,18-21H2,1-3H3,(H,35,39). The molecule has 2 aliphatic heterocycles. The Morgan fingerprint density at radius 3 is 2.31 bits per heavy atom. The van der Waals surface area contributed by atoms with Crippen LogP contribution in [0.25, 0.3) is 0 Å². The van der Waals surface area contributed by atoms with E-state index >= 15 is 0 Å². The molecule has 3 amide bonds. The summed E-state index contributed by atoms with van der Waals surface area (Å²) in [6, 6.07) is 23.5. The summed E-state index contributed by atoms with van der Waals surface area (Å²) in [7, 11) is 0. The van der Waals surface area contributed by atoms with Crippen LogP contribution in [0.15, 0.2) is 72.9 Å². The molecule has 0 bridgehead atoms. The lowest BCUT2D eigenvalue weighted by Crippen LogP contribution is -2.47. The summed E-state index contributed by atoms with van der Waals surface area (Å²) >= 11 is 0. The van der Waals surface area contributed by atoms with Crippen LogP contribution >= 0.6 is 0 Å². The summed E-state index contributed by atoms with van der Waals surface area (Å²) < 4.78 is 0. The van der Waals surface area contributed by atoms with Gasteiger partial charge in [-0.3, -0.25) is 14.7 Å². The number of nitrogens with zero attached hydrogens (tertiary/aromatic N) is 4. The van der Waals surface area contributed by atoms with Gasteiger partial charge in [0.2, 0.25) is 0 Å². The molecule has 0 spiro atoms. The van der Waals surface area contributed by atoms with Crippen LogP contribution in [-0.2, 0) is 15.7 Å². The Balaban J connectivity index is 1.30. The number of aromatic nitrogens is 1. The number of amides is 3. The number of carbonyl (C=O) groups excluding carboxylic acids is 2. The van der Waals surface area contributed by atoms with Gasteiger partial charge in [-0.2, -0.15) is 5.26 Å². The fraction of sp³-hybridized carbons (Fsp3) is 0.375. The van der Waals surface area contributed by atoms with Crippen molar-refractivity contribution in [1.29, 1.82) is 5.26 Å². The molecule has 2 fully saturated rings. The Morgan fingerprint density at radius 1 is 0.974 bits per heavy atom. The van der Waals surface area contributed by atoms with Gasteiger partial charge >= 0.3 is 6.03 Å². The number of imide groups is 1. The molecule has 1 N–H and O–H groups in total. The summed E-state index contributed by atoms with van der Waals surface area (Å²) in [6.07, 6.45) is 3.17. The van der Waals surface area contributed by atoms with E-state index in [1.54, 1.807) is 18.3 Å². The first kappa shape index (κ1) is 26.6. The third kappa shape index (κ3) is 4.81. The molecule has 2 atom stereocenters. The Kier molecular flexibility index (Phi) is 7.24. The van der Waals surface area contributed by atoms with Gasteiger partial charge in [-0.15, -0.1) is 0 Å². The molecule has 7 heteroatoms. The Labute approximate surface area is 230 Å². The highest BCUT2D eigenvalue weighted by Crippen LogP contribution is 2.38. The van der Waals surface area contributed by atoms with Crippen LogP contribution in [0, 0.1) is 31.1 Å². The summed E-state index contributed by atoms with van der Waals surface area (Å²) in [6.45, 7) is 8.78. The Bertz CT molecular complexity index is 1390. The number of carbonyl (C=O) groups is 2. The van der Waals surface area contributed by atoms with Crippen LogP contribution in [0.2, 0.25) is 0 Å². The van der Waals surface area contributed by atoms with Crippen molar-refractivity contribution in [2.45, 2.75) is 44.6 Å². The minimum atomic E-state index is -1.35. The van der Waals surface area contributed by atoms with E-state index in [1.165, 1.54) is 4.90 Å². The molecule has 200 valence electrons. The van der Waals surface area contributed by atoms with E-state index < -0.39 is 17.0 Å². The second kappa shape index (κ2) is 10.6. The zero-order valence-corrected chi connectivity index (χ0v) is 22.9. The van der Waals surface area contributed by atoms with Gasteiger partial charge in [-0.05, 0) is 74.5 Å². The van der Waals surface area contributed by atoms with Crippen LogP contribution in [0.3, 0.4) is 0 Å². The first-order valence-electron chi connectivity index (χ1n) is 13.6. The van der Waals surface area contributed by atoms with Crippen molar-refractivity contribution in [3.05, 3.63) is 101 Å². The summed E-state index contributed by atoms with van der Waals surface area (Å²) in [4.78, 5) is 35.5. The van der Waals surface area contributed by atoms with Crippen molar-refractivity contribution in [2.75, 3.05) is 26.2 Å². The fourth-order valence-electron chi connectivity index (χ4n) is 6.13. The fourth-order valence-corrected chi connectivity index (χ4v) is 6.13. The van der Waals surface area contributed by atoms with Crippen LogP contribution in [0.1, 0.15) is 47.7 Å². The smallest absolute Gasteiger partial charge is 0.314 e. The normalized spacial score (nSPS) is 21.8. The molecular weight excluding hydrogens is 486 g/mol. The zero-order valence-electron chi connectivity index (χ0n) is 22.9. The second-order valence-electron chi connectivity index (χ2n) is 11.1. The van der Waals surface area contributed by atoms with E-state index in [1.807, 2.05) is 49.4 Å². The molecule has 0 saturated carbocycles. The Hall–Kier alpha value is -4.02. The number of nitriles is 1. The van der Waals surface area contributed by atoms with E-state index in [4.69, 9.17) is 0 Å². The van der Waals surface area contributed by atoms with Crippen molar-refractivity contribution < 1.29 is 9.59 Å². The maximum atomic E-state index is 14.0. The lowest BCUT2D eigenvalue weighted by Gasteiger charge is -2.39. The summed E-state index contributed by atoms with van der Waals surface area (Å²) in [5.41, 5.74) is 2.73. The molecule has 2 aliphatic rings. The highest BCUT2D eigenvalue weighted by Gasteiger charge is 2.55. The van der Waals surface area contributed by atoms with Crippen molar-refractivity contribution >= 4 is 11.9 Å². The number of urea groups is 1. The van der Waals surface area contributed by atoms with Gasteiger partial charge in [0.05, 0.1) is 17.2 Å². The van der Waals surface area contributed by atoms with Crippen molar-refractivity contribution in [2.24, 2.45) is 5.92 Å². The average molecular weight is 522 g/mol. The van der Waals surface area contributed by atoms with Gasteiger partial charge < -0.3 is 10.2 Å². The quantitative estimate of drug-likeness (QED) is 0.456. The monoisotopic (exact) mass is 521 g/mol. The zero-order chi connectivity index (χ0) is 27.6. The van der Waals surface area contributed by atoms with Crippen molar-refractivity contribution in [3.8, 4) is 6.07 Å². The number of hydrogen-bond donors (Lipinski definition) is 1. The highest BCUT2D eigenvalue weighted by molar-refractivity contribution is 6.09. The Morgan fingerprint density at radius 2 is 1.67 bits per heavy atom. The maximum Gasteiger partial charge on any atom is 0.325 e. The molecule has 39 heavy (non-hydrogen) atoms. The van der Waals surface area contributed by atoms with Crippen LogP contribution < -0.4 is 5.32 Å². The van der Waals surface area contributed by atoms with E-state index in [0.29, 0.717) is 17.8 Å². The molecule has 5 rings (SSSR count). The largest absolute Gasteiger partial charge is 0.325 e. The van der Waals surface area contributed by atoms with E-state index in [0.717, 1.165) is 49.2 Å². The van der Waals surface area contributed by atoms with Gasteiger partial charge in [0.1, 0.15) is 0 Å². The molecule has 7 nitrogen and oxygen atoms in total. The first-order valence-corrected chi connectivity index (χ1v) is 13.6. The predicted molar refractivity (Wildman–Crippen MR) is 150 cm³/mol. The van der Waals surface area contributed by atoms with E-state index in [2.05, 4.69) is 47.3 Å². The SMILES string of the molecule is Cc1ccc(C2(c3ccccn3)NC(=O)N(CC(C)CN3CCC(C#N)(c4ccccc4C)CC3)C2=O)cc1. The minimum absolute atomic E-state index is 0.0605. The molecule has 0 radical (unpaired) electrons. The lowest BCUT2D eigenvalue weighted by atomic mass is 9.72. The third-order valence-electron chi connectivity index (χ3n) is 8.29. The number of rotatable bonds is 7. The summed E-state index contributed by atoms with van der Waals surface area (Å²) in [5, 5.41) is 13.1. The van der Waals surface area contributed by atoms with Crippen molar-refractivity contribution in [3.63, 3.8) is 0 Å². The number of hydrogen-bond acceptors (Lipinski definition) is 5. The molecule has 2 saturated heterocycles. The molecule has 3 aromatic rings. The lowest BCUT2D eigenvalue weighted by molar-refractivity contribution is -0.130. The third-order valence-corrected chi connectivity index (χ3v) is 8.29.